The molecule has 0 radical (unpaired) electrons. The lowest BCUT2D eigenvalue weighted by atomic mass is 10.3. The molecule has 1 aromatic heterocycles. The second kappa shape index (κ2) is 3.34. The third-order valence-corrected chi connectivity index (χ3v) is 1.47. The predicted octanol–water partition coefficient (Wildman–Crippen LogP) is 0.486. The van der Waals surface area contributed by atoms with Gasteiger partial charge in [0.25, 0.3) is 0 Å². The number of carbonyl (C=O) groups is 1. The van der Waals surface area contributed by atoms with Gasteiger partial charge in [-0.3, -0.25) is 4.79 Å². The minimum atomic E-state index is -0.862. The van der Waals surface area contributed by atoms with Crippen molar-refractivity contribution in [1.29, 1.82) is 0 Å². The van der Waals surface area contributed by atoms with Gasteiger partial charge < -0.3 is 5.11 Å². The molecule has 0 amide bonds. The molecular weight excluding hydrogens is 158 g/mol. The van der Waals surface area contributed by atoms with Crippen molar-refractivity contribution < 1.29 is 9.90 Å². The number of nitrogens with zero attached hydrogens (tertiary/aromatic N) is 3. The molecule has 0 unspecified atom stereocenters. The van der Waals surface area contributed by atoms with Gasteiger partial charge in [-0.15, -0.1) is 5.10 Å². The van der Waals surface area contributed by atoms with Gasteiger partial charge in [0.15, 0.2) is 0 Å². The normalized spacial score (nSPS) is 10.6. The van der Waals surface area contributed by atoms with Crippen molar-refractivity contribution in [2.45, 2.75) is 26.3 Å². The molecule has 5 heteroatoms. The van der Waals surface area contributed by atoms with Crippen LogP contribution in [0.1, 0.15) is 25.6 Å². The molecule has 12 heavy (non-hydrogen) atoms. The smallest absolute Gasteiger partial charge is 0.309 e. The van der Waals surface area contributed by atoms with Gasteiger partial charge in [-0.25, -0.2) is 4.68 Å². The maximum absolute atomic E-state index is 10.4. The van der Waals surface area contributed by atoms with E-state index in [4.69, 9.17) is 5.11 Å². The van der Waals surface area contributed by atoms with Gasteiger partial charge in [-0.1, -0.05) is 5.21 Å². The van der Waals surface area contributed by atoms with Crippen LogP contribution in [-0.2, 0) is 11.2 Å². The van der Waals surface area contributed by atoms with E-state index in [1.807, 2.05) is 13.8 Å². The summed E-state index contributed by atoms with van der Waals surface area (Å²) >= 11 is 0. The summed E-state index contributed by atoms with van der Waals surface area (Å²) in [5, 5.41) is 15.9. The van der Waals surface area contributed by atoms with E-state index in [9.17, 15) is 4.79 Å². The van der Waals surface area contributed by atoms with E-state index in [0.717, 1.165) is 0 Å². The molecule has 0 atom stereocenters. The summed E-state index contributed by atoms with van der Waals surface area (Å²) in [6.45, 7) is 3.86. The van der Waals surface area contributed by atoms with Crippen LogP contribution in [0.4, 0.5) is 0 Å². The van der Waals surface area contributed by atoms with Crippen LogP contribution in [0.5, 0.6) is 0 Å². The van der Waals surface area contributed by atoms with E-state index in [0.29, 0.717) is 5.69 Å². The molecule has 0 saturated carbocycles. The number of hydrogen-bond acceptors (Lipinski definition) is 3. The Hall–Kier alpha value is -1.39. The Morgan fingerprint density at radius 2 is 2.42 bits per heavy atom. The average molecular weight is 169 g/mol. The fourth-order valence-corrected chi connectivity index (χ4v) is 0.981. The first-order chi connectivity index (χ1) is 5.61. The molecule has 1 N–H and O–H groups in total. The van der Waals surface area contributed by atoms with Gasteiger partial charge in [0.05, 0.1) is 18.3 Å². The molecule has 0 aliphatic rings. The summed E-state index contributed by atoms with van der Waals surface area (Å²) in [4.78, 5) is 10.4. The standard InChI is InChI=1S/C7H11N3O2/c1-5(2)10-6(3-7(11)12)4-8-9-10/h4-5H,3H2,1-2H3,(H,11,12). The topological polar surface area (TPSA) is 68.0 Å². The van der Waals surface area contributed by atoms with Crippen molar-refractivity contribution in [2.75, 3.05) is 0 Å². The van der Waals surface area contributed by atoms with E-state index in [-0.39, 0.29) is 12.5 Å². The molecule has 5 nitrogen and oxygen atoms in total. The number of aromatic nitrogens is 3. The fraction of sp³-hybridized carbons (Fsp3) is 0.571. The maximum atomic E-state index is 10.4. The zero-order valence-corrected chi connectivity index (χ0v) is 7.06. The summed E-state index contributed by atoms with van der Waals surface area (Å²) in [5.41, 5.74) is 0.637. The zero-order valence-electron chi connectivity index (χ0n) is 7.06. The third-order valence-electron chi connectivity index (χ3n) is 1.47. The number of carboxylic acids is 1. The van der Waals surface area contributed by atoms with Gasteiger partial charge in [-0.2, -0.15) is 0 Å². The minimum Gasteiger partial charge on any atom is -0.481 e. The molecule has 0 aliphatic heterocycles. The van der Waals surface area contributed by atoms with Crippen molar-refractivity contribution in [3.8, 4) is 0 Å². The first kappa shape index (κ1) is 8.70. The van der Waals surface area contributed by atoms with Gasteiger partial charge in [0, 0.05) is 6.04 Å². The average Bonchev–Trinajstić information content (AvgIpc) is 2.33. The Kier molecular flexibility index (Phi) is 2.42. The predicted molar refractivity (Wildman–Crippen MR) is 41.7 cm³/mol. The molecular formula is C7H11N3O2. The van der Waals surface area contributed by atoms with Crippen LogP contribution >= 0.6 is 0 Å². The van der Waals surface area contributed by atoms with Gasteiger partial charge >= 0.3 is 5.97 Å². The minimum absolute atomic E-state index is 0.0226. The van der Waals surface area contributed by atoms with Crippen molar-refractivity contribution >= 4 is 5.97 Å². The van der Waals surface area contributed by atoms with E-state index in [2.05, 4.69) is 10.3 Å². The van der Waals surface area contributed by atoms with Crippen LogP contribution in [0.25, 0.3) is 0 Å². The van der Waals surface area contributed by atoms with Crippen LogP contribution in [-0.4, -0.2) is 26.1 Å². The zero-order chi connectivity index (χ0) is 9.14. The summed E-state index contributed by atoms with van der Waals surface area (Å²) < 4.78 is 1.61. The van der Waals surface area contributed by atoms with Crippen molar-refractivity contribution in [1.82, 2.24) is 15.0 Å². The molecule has 1 aromatic rings. The summed E-state index contributed by atoms with van der Waals surface area (Å²) in [5.74, 6) is -0.862. The molecule has 1 heterocycles. The number of aliphatic carboxylic acids is 1. The molecule has 0 bridgehead atoms. The SMILES string of the molecule is CC(C)n1nncc1CC(=O)O. The molecule has 0 saturated heterocycles. The largest absolute Gasteiger partial charge is 0.481 e. The lowest BCUT2D eigenvalue weighted by Crippen LogP contribution is -2.11. The van der Waals surface area contributed by atoms with E-state index in [1.54, 1.807) is 4.68 Å². The third kappa shape index (κ3) is 1.81. The first-order valence-electron chi connectivity index (χ1n) is 3.72. The summed E-state index contributed by atoms with van der Waals surface area (Å²) in [7, 11) is 0. The Morgan fingerprint density at radius 1 is 1.75 bits per heavy atom. The highest BCUT2D eigenvalue weighted by atomic mass is 16.4. The number of rotatable bonds is 3. The van der Waals surface area contributed by atoms with Crippen molar-refractivity contribution in [3.63, 3.8) is 0 Å². The van der Waals surface area contributed by atoms with Crippen molar-refractivity contribution in [2.24, 2.45) is 0 Å². The Bertz CT molecular complexity index is 280. The summed E-state index contributed by atoms with van der Waals surface area (Å²) in [6.07, 6.45) is 1.46. The highest BCUT2D eigenvalue weighted by molar-refractivity contribution is 5.69. The molecule has 1 rings (SSSR count). The van der Waals surface area contributed by atoms with Crippen LogP contribution in [0, 0.1) is 0 Å². The van der Waals surface area contributed by atoms with Gasteiger partial charge in [0.1, 0.15) is 0 Å². The molecule has 0 fully saturated rings. The Morgan fingerprint density at radius 3 is 2.92 bits per heavy atom. The molecule has 0 aliphatic carbocycles. The second-order valence-corrected chi connectivity index (χ2v) is 2.83. The van der Waals surface area contributed by atoms with Crippen LogP contribution in [0.3, 0.4) is 0 Å². The number of hydrogen-bond donors (Lipinski definition) is 1. The monoisotopic (exact) mass is 169 g/mol. The van der Waals surface area contributed by atoms with Gasteiger partial charge in [0.2, 0.25) is 0 Å². The second-order valence-electron chi connectivity index (χ2n) is 2.83. The fourth-order valence-electron chi connectivity index (χ4n) is 0.981. The maximum Gasteiger partial charge on any atom is 0.309 e. The summed E-state index contributed by atoms with van der Waals surface area (Å²) in [6, 6.07) is 0.154. The van der Waals surface area contributed by atoms with Crippen LogP contribution in [0.15, 0.2) is 6.20 Å². The molecule has 0 spiro atoms. The van der Waals surface area contributed by atoms with Crippen LogP contribution < -0.4 is 0 Å². The lowest BCUT2D eigenvalue weighted by molar-refractivity contribution is -0.136. The lowest BCUT2D eigenvalue weighted by Gasteiger charge is -2.06. The van der Waals surface area contributed by atoms with E-state index in [1.165, 1.54) is 6.20 Å². The number of carboxylic acid groups (broad SMARTS) is 1. The Labute approximate surface area is 70.0 Å². The quantitative estimate of drug-likeness (QED) is 0.714. The highest BCUT2D eigenvalue weighted by Crippen LogP contribution is 2.06. The van der Waals surface area contributed by atoms with E-state index < -0.39 is 5.97 Å². The molecule has 0 aromatic carbocycles. The van der Waals surface area contributed by atoms with Crippen molar-refractivity contribution in [3.05, 3.63) is 11.9 Å². The van der Waals surface area contributed by atoms with E-state index >= 15 is 0 Å². The van der Waals surface area contributed by atoms with Gasteiger partial charge in [-0.05, 0) is 13.8 Å². The highest BCUT2D eigenvalue weighted by Gasteiger charge is 2.09. The Balaban J connectivity index is 2.84. The first-order valence-corrected chi connectivity index (χ1v) is 3.72. The van der Waals surface area contributed by atoms with Crippen LogP contribution in [0.2, 0.25) is 0 Å². The molecule has 66 valence electrons.